The highest BCUT2D eigenvalue weighted by Gasteiger charge is 2.27. The Morgan fingerprint density at radius 1 is 1.25 bits per heavy atom. The lowest BCUT2D eigenvalue weighted by Gasteiger charge is -2.25. The molecule has 24 heavy (non-hydrogen) atoms. The summed E-state index contributed by atoms with van der Waals surface area (Å²) in [6.45, 7) is 2.08. The molecule has 7 heteroatoms. The highest BCUT2D eigenvalue weighted by atomic mass is 32.2. The van der Waals surface area contributed by atoms with E-state index in [-0.39, 0.29) is 17.5 Å². The largest absolute Gasteiger partial charge is 0.468 e. The first-order valence-corrected chi connectivity index (χ1v) is 9.36. The molecule has 1 aromatic heterocycles. The van der Waals surface area contributed by atoms with Gasteiger partial charge in [-0.15, -0.1) is 0 Å². The van der Waals surface area contributed by atoms with Gasteiger partial charge in [0.25, 0.3) is 0 Å². The standard InChI is InChI=1S/C17H19N3O3S/c18-12-14-5-3-6-15(11-14)24(21,22)19-13-16(17-7-4-10-23-17)20-8-1-2-9-20/h3-7,10-11,16,19H,1-2,8-9,13H2. The molecule has 1 saturated heterocycles. The fourth-order valence-corrected chi connectivity index (χ4v) is 4.03. The third-order valence-corrected chi connectivity index (χ3v) is 5.61. The predicted octanol–water partition coefficient (Wildman–Crippen LogP) is 2.27. The number of nitriles is 1. The molecule has 126 valence electrons. The number of hydrogen-bond donors (Lipinski definition) is 1. The molecule has 1 aliphatic rings. The van der Waals surface area contributed by atoms with Crippen molar-refractivity contribution in [2.24, 2.45) is 0 Å². The summed E-state index contributed by atoms with van der Waals surface area (Å²) < 4.78 is 33.2. The summed E-state index contributed by atoms with van der Waals surface area (Å²) in [5.74, 6) is 0.755. The minimum absolute atomic E-state index is 0.0983. The Kier molecular flexibility index (Phi) is 5.00. The molecular weight excluding hydrogens is 326 g/mol. The van der Waals surface area contributed by atoms with Crippen molar-refractivity contribution in [3.05, 3.63) is 54.0 Å². The van der Waals surface area contributed by atoms with Gasteiger partial charge in [0.05, 0.1) is 28.8 Å². The number of nitrogens with zero attached hydrogens (tertiary/aromatic N) is 2. The quantitative estimate of drug-likeness (QED) is 0.868. The monoisotopic (exact) mass is 345 g/mol. The molecule has 3 rings (SSSR count). The summed E-state index contributed by atoms with van der Waals surface area (Å²) in [7, 11) is -3.68. The van der Waals surface area contributed by atoms with Crippen LogP contribution >= 0.6 is 0 Å². The fraction of sp³-hybridized carbons (Fsp3) is 0.353. The van der Waals surface area contributed by atoms with Gasteiger partial charge in [0.2, 0.25) is 10.0 Å². The second-order valence-electron chi connectivity index (χ2n) is 5.77. The van der Waals surface area contributed by atoms with E-state index < -0.39 is 10.0 Å². The van der Waals surface area contributed by atoms with Gasteiger partial charge in [0.15, 0.2) is 0 Å². The van der Waals surface area contributed by atoms with Crippen LogP contribution in [0.5, 0.6) is 0 Å². The lowest BCUT2D eigenvalue weighted by atomic mass is 10.2. The van der Waals surface area contributed by atoms with Crippen LogP contribution in [0.4, 0.5) is 0 Å². The molecule has 0 radical (unpaired) electrons. The number of furan rings is 1. The molecule has 2 aromatic rings. The van der Waals surface area contributed by atoms with Crippen LogP contribution in [0, 0.1) is 11.3 Å². The van der Waals surface area contributed by atoms with E-state index in [1.807, 2.05) is 18.2 Å². The molecule has 1 fully saturated rings. The molecule has 0 bridgehead atoms. The Bertz CT molecular complexity index is 819. The number of hydrogen-bond acceptors (Lipinski definition) is 5. The van der Waals surface area contributed by atoms with Gasteiger partial charge in [-0.25, -0.2) is 13.1 Å². The van der Waals surface area contributed by atoms with Crippen molar-refractivity contribution in [2.45, 2.75) is 23.8 Å². The topological polar surface area (TPSA) is 86.3 Å². The predicted molar refractivity (Wildman–Crippen MR) is 88.6 cm³/mol. The summed E-state index contributed by atoms with van der Waals surface area (Å²) in [5.41, 5.74) is 0.319. The summed E-state index contributed by atoms with van der Waals surface area (Å²) in [6.07, 6.45) is 3.81. The van der Waals surface area contributed by atoms with Crippen LogP contribution in [-0.4, -0.2) is 33.0 Å². The maximum absolute atomic E-state index is 12.5. The van der Waals surface area contributed by atoms with Crippen molar-refractivity contribution in [1.29, 1.82) is 5.26 Å². The number of likely N-dealkylation sites (tertiary alicyclic amines) is 1. The second kappa shape index (κ2) is 7.18. The minimum atomic E-state index is -3.68. The number of sulfonamides is 1. The lowest BCUT2D eigenvalue weighted by Crippen LogP contribution is -2.36. The van der Waals surface area contributed by atoms with Crippen LogP contribution < -0.4 is 4.72 Å². The first-order chi connectivity index (χ1) is 11.6. The van der Waals surface area contributed by atoms with Gasteiger partial charge in [-0.05, 0) is 56.3 Å². The Hall–Kier alpha value is -2.14. The molecule has 6 nitrogen and oxygen atoms in total. The van der Waals surface area contributed by atoms with Crippen LogP contribution in [0.25, 0.3) is 0 Å². The molecule has 1 unspecified atom stereocenters. The van der Waals surface area contributed by atoms with E-state index in [9.17, 15) is 8.42 Å². The van der Waals surface area contributed by atoms with Crippen molar-refractivity contribution in [2.75, 3.05) is 19.6 Å². The molecule has 0 spiro atoms. The molecular formula is C17H19N3O3S. The van der Waals surface area contributed by atoms with Gasteiger partial charge in [-0.3, -0.25) is 4.90 Å². The van der Waals surface area contributed by atoms with E-state index in [2.05, 4.69) is 9.62 Å². The third kappa shape index (κ3) is 3.67. The average molecular weight is 345 g/mol. The van der Waals surface area contributed by atoms with Crippen molar-refractivity contribution in [3.8, 4) is 6.07 Å². The van der Waals surface area contributed by atoms with E-state index in [1.165, 1.54) is 12.1 Å². The van der Waals surface area contributed by atoms with Crippen molar-refractivity contribution >= 4 is 10.0 Å². The summed E-state index contributed by atoms with van der Waals surface area (Å²) >= 11 is 0. The van der Waals surface area contributed by atoms with E-state index in [1.54, 1.807) is 18.4 Å². The number of rotatable bonds is 6. The molecule has 1 aliphatic heterocycles. The van der Waals surface area contributed by atoms with E-state index >= 15 is 0 Å². The van der Waals surface area contributed by atoms with E-state index in [0.717, 1.165) is 31.7 Å². The summed E-state index contributed by atoms with van der Waals surface area (Å²) in [5, 5.41) is 8.93. The lowest BCUT2D eigenvalue weighted by molar-refractivity contribution is 0.216. The second-order valence-corrected chi connectivity index (χ2v) is 7.53. The SMILES string of the molecule is N#Cc1cccc(S(=O)(=O)NCC(c2ccco2)N2CCCC2)c1. The summed E-state index contributed by atoms with van der Waals surface area (Å²) in [4.78, 5) is 2.33. The Balaban J connectivity index is 1.77. The minimum Gasteiger partial charge on any atom is -0.468 e. The van der Waals surface area contributed by atoms with Crippen LogP contribution in [-0.2, 0) is 10.0 Å². The van der Waals surface area contributed by atoms with Gasteiger partial charge in [-0.1, -0.05) is 6.07 Å². The van der Waals surface area contributed by atoms with Gasteiger partial charge in [0.1, 0.15) is 5.76 Å². The van der Waals surface area contributed by atoms with Crippen molar-refractivity contribution < 1.29 is 12.8 Å². The molecule has 2 heterocycles. The van der Waals surface area contributed by atoms with Gasteiger partial charge in [-0.2, -0.15) is 5.26 Å². The van der Waals surface area contributed by atoms with Crippen LogP contribution in [0.15, 0.2) is 52.0 Å². The maximum Gasteiger partial charge on any atom is 0.240 e. The molecule has 0 amide bonds. The van der Waals surface area contributed by atoms with Crippen LogP contribution in [0.1, 0.15) is 30.2 Å². The number of benzene rings is 1. The van der Waals surface area contributed by atoms with E-state index in [0.29, 0.717) is 5.56 Å². The normalized spacial score (nSPS) is 16.8. The van der Waals surface area contributed by atoms with Crippen LogP contribution in [0.3, 0.4) is 0 Å². The highest BCUT2D eigenvalue weighted by molar-refractivity contribution is 7.89. The van der Waals surface area contributed by atoms with Gasteiger partial charge < -0.3 is 4.42 Å². The zero-order chi connectivity index (χ0) is 17.0. The molecule has 1 atom stereocenters. The summed E-state index contributed by atoms with van der Waals surface area (Å²) in [6, 6.07) is 11.5. The molecule has 0 saturated carbocycles. The smallest absolute Gasteiger partial charge is 0.240 e. The number of nitrogens with one attached hydrogen (secondary N) is 1. The molecule has 1 aromatic carbocycles. The average Bonchev–Trinajstić information content (AvgIpc) is 3.29. The highest BCUT2D eigenvalue weighted by Crippen LogP contribution is 2.25. The van der Waals surface area contributed by atoms with Gasteiger partial charge >= 0.3 is 0 Å². The zero-order valence-corrected chi connectivity index (χ0v) is 14.0. The fourth-order valence-electron chi connectivity index (χ4n) is 2.95. The maximum atomic E-state index is 12.5. The van der Waals surface area contributed by atoms with Crippen molar-refractivity contribution in [1.82, 2.24) is 9.62 Å². The first-order valence-electron chi connectivity index (χ1n) is 7.87. The third-order valence-electron chi connectivity index (χ3n) is 4.19. The van der Waals surface area contributed by atoms with Crippen molar-refractivity contribution in [3.63, 3.8) is 0 Å². The Labute approximate surface area is 141 Å². The van der Waals surface area contributed by atoms with Crippen LogP contribution in [0.2, 0.25) is 0 Å². The van der Waals surface area contributed by atoms with E-state index in [4.69, 9.17) is 9.68 Å². The first kappa shape index (κ1) is 16.7. The Morgan fingerprint density at radius 3 is 2.71 bits per heavy atom. The van der Waals surface area contributed by atoms with Gasteiger partial charge in [0, 0.05) is 6.54 Å². The Morgan fingerprint density at radius 2 is 2.04 bits per heavy atom. The zero-order valence-electron chi connectivity index (χ0n) is 13.2. The molecule has 1 N–H and O–H groups in total. The molecule has 0 aliphatic carbocycles.